The number of hydrogen-bond donors (Lipinski definition) is 1. The molecule has 7 nitrogen and oxygen atoms in total. The monoisotopic (exact) mass is 345 g/mol. The second kappa shape index (κ2) is 8.32. The van der Waals surface area contributed by atoms with Gasteiger partial charge in [-0.3, -0.25) is 4.79 Å². The number of aromatic nitrogens is 2. The Morgan fingerprint density at radius 3 is 2.44 bits per heavy atom. The molecule has 7 heteroatoms. The van der Waals surface area contributed by atoms with Gasteiger partial charge in [0, 0.05) is 0 Å². The van der Waals surface area contributed by atoms with Crippen LogP contribution in [-0.4, -0.2) is 41.9 Å². The summed E-state index contributed by atoms with van der Waals surface area (Å²) in [5.41, 5.74) is 0.913. The Labute approximate surface area is 146 Å². The van der Waals surface area contributed by atoms with Gasteiger partial charge >= 0.3 is 5.97 Å². The number of nitrogens with zero attached hydrogens (tertiary/aromatic N) is 2. The van der Waals surface area contributed by atoms with Crippen LogP contribution in [0.5, 0.6) is 5.75 Å². The molecule has 2 aromatic rings. The molecule has 0 unspecified atom stereocenters. The van der Waals surface area contributed by atoms with Crippen molar-refractivity contribution >= 4 is 11.9 Å². The molecule has 0 aliphatic carbocycles. The van der Waals surface area contributed by atoms with E-state index in [1.165, 1.54) is 14.2 Å². The van der Waals surface area contributed by atoms with Crippen molar-refractivity contribution in [2.24, 2.45) is 5.92 Å². The molecule has 0 aliphatic heterocycles. The number of carbonyl (C=O) groups excluding carboxylic acids is 2. The number of esters is 1. The topological polar surface area (TPSA) is 82.5 Å². The Bertz CT molecular complexity index is 725. The molecule has 1 aromatic heterocycles. The van der Waals surface area contributed by atoms with E-state index in [0.29, 0.717) is 12.2 Å². The zero-order valence-corrected chi connectivity index (χ0v) is 14.9. The predicted molar refractivity (Wildman–Crippen MR) is 92.8 cm³/mol. The summed E-state index contributed by atoms with van der Waals surface area (Å²) >= 11 is 0. The van der Waals surface area contributed by atoms with Crippen molar-refractivity contribution in [3.05, 3.63) is 42.2 Å². The molecule has 0 fully saturated rings. The standard InChI is InChI=1S/C18H23N3O4/c1-12(2)10-14(18(23)25-4)19-17(22)16-15(24-3)11-21(20-16)13-8-6-5-7-9-13/h5-9,11-12,14H,10H2,1-4H3,(H,19,22)/t14-/m0/s1. The van der Waals surface area contributed by atoms with Crippen molar-refractivity contribution in [1.29, 1.82) is 0 Å². The van der Waals surface area contributed by atoms with E-state index in [4.69, 9.17) is 9.47 Å². The summed E-state index contributed by atoms with van der Waals surface area (Å²) in [6.45, 7) is 3.93. The van der Waals surface area contributed by atoms with Crippen LogP contribution in [0.3, 0.4) is 0 Å². The lowest BCUT2D eigenvalue weighted by Crippen LogP contribution is -2.42. The van der Waals surface area contributed by atoms with Gasteiger partial charge in [-0.25, -0.2) is 9.48 Å². The van der Waals surface area contributed by atoms with Crippen LogP contribution in [0.15, 0.2) is 36.5 Å². The number of rotatable bonds is 7. The van der Waals surface area contributed by atoms with Crippen molar-refractivity contribution in [2.45, 2.75) is 26.3 Å². The minimum Gasteiger partial charge on any atom is -0.493 e. The zero-order chi connectivity index (χ0) is 18.4. The van der Waals surface area contributed by atoms with E-state index in [-0.39, 0.29) is 11.6 Å². The number of ether oxygens (including phenoxy) is 2. The van der Waals surface area contributed by atoms with E-state index in [2.05, 4.69) is 10.4 Å². The first kappa shape index (κ1) is 18.5. The molecule has 0 saturated heterocycles. The van der Waals surface area contributed by atoms with E-state index < -0.39 is 17.9 Å². The van der Waals surface area contributed by atoms with Gasteiger partial charge in [-0.15, -0.1) is 0 Å². The van der Waals surface area contributed by atoms with Crippen LogP contribution >= 0.6 is 0 Å². The van der Waals surface area contributed by atoms with Gasteiger partial charge in [-0.05, 0) is 24.5 Å². The highest BCUT2D eigenvalue weighted by Gasteiger charge is 2.26. The van der Waals surface area contributed by atoms with Crippen molar-refractivity contribution in [3.8, 4) is 11.4 Å². The summed E-state index contributed by atoms with van der Waals surface area (Å²) in [7, 11) is 2.77. The first-order valence-electron chi connectivity index (χ1n) is 8.04. The van der Waals surface area contributed by atoms with E-state index >= 15 is 0 Å². The Balaban J connectivity index is 2.25. The molecule has 25 heavy (non-hydrogen) atoms. The highest BCUT2D eigenvalue weighted by molar-refractivity contribution is 5.97. The lowest BCUT2D eigenvalue weighted by molar-refractivity contribution is -0.143. The molecule has 0 bridgehead atoms. The Morgan fingerprint density at radius 1 is 1.20 bits per heavy atom. The van der Waals surface area contributed by atoms with E-state index in [1.54, 1.807) is 10.9 Å². The van der Waals surface area contributed by atoms with Gasteiger partial charge in [0.1, 0.15) is 6.04 Å². The molecule has 1 heterocycles. The Kier molecular flexibility index (Phi) is 6.16. The summed E-state index contributed by atoms with van der Waals surface area (Å²) in [5, 5.41) is 6.98. The molecule has 134 valence electrons. The van der Waals surface area contributed by atoms with Crippen molar-refractivity contribution in [1.82, 2.24) is 15.1 Å². The molecular weight excluding hydrogens is 322 g/mol. The molecular formula is C18H23N3O4. The molecule has 0 spiro atoms. The second-order valence-corrected chi connectivity index (χ2v) is 6.00. The summed E-state index contributed by atoms with van der Waals surface area (Å²) in [4.78, 5) is 24.5. The smallest absolute Gasteiger partial charge is 0.328 e. The largest absolute Gasteiger partial charge is 0.493 e. The molecule has 2 rings (SSSR count). The predicted octanol–water partition coefficient (Wildman–Crippen LogP) is 2.20. The second-order valence-electron chi connectivity index (χ2n) is 6.00. The fraction of sp³-hybridized carbons (Fsp3) is 0.389. The maximum atomic E-state index is 12.6. The number of hydrogen-bond acceptors (Lipinski definition) is 5. The molecule has 1 N–H and O–H groups in total. The van der Waals surface area contributed by atoms with Crippen LogP contribution in [0.1, 0.15) is 30.8 Å². The van der Waals surface area contributed by atoms with E-state index in [1.807, 2.05) is 44.2 Å². The maximum absolute atomic E-state index is 12.6. The van der Waals surface area contributed by atoms with Crippen LogP contribution < -0.4 is 10.1 Å². The third kappa shape index (κ3) is 4.59. The molecule has 1 aromatic carbocycles. The molecule has 0 aliphatic rings. The summed E-state index contributed by atoms with van der Waals surface area (Å²) in [5.74, 6) is -0.422. The van der Waals surface area contributed by atoms with E-state index in [0.717, 1.165) is 5.69 Å². The number of amides is 1. The summed E-state index contributed by atoms with van der Waals surface area (Å²) in [6.07, 6.45) is 2.10. The van der Waals surface area contributed by atoms with Gasteiger partial charge in [0.05, 0.1) is 26.1 Å². The molecule has 1 atom stereocenters. The van der Waals surface area contributed by atoms with Crippen LogP contribution in [0.2, 0.25) is 0 Å². The van der Waals surface area contributed by atoms with E-state index in [9.17, 15) is 9.59 Å². The third-order valence-corrected chi connectivity index (χ3v) is 3.63. The highest BCUT2D eigenvalue weighted by Crippen LogP contribution is 2.20. The van der Waals surface area contributed by atoms with Crippen LogP contribution in [0.25, 0.3) is 5.69 Å². The molecule has 1 amide bonds. The SMILES string of the molecule is COC(=O)[C@H](CC(C)C)NC(=O)c1nn(-c2ccccc2)cc1OC. The van der Waals surface area contributed by atoms with Crippen molar-refractivity contribution < 1.29 is 19.1 Å². The van der Waals surface area contributed by atoms with Gasteiger partial charge in [-0.1, -0.05) is 32.0 Å². The summed E-state index contributed by atoms with van der Waals surface area (Å²) in [6, 6.07) is 8.64. The summed E-state index contributed by atoms with van der Waals surface area (Å²) < 4.78 is 11.6. The average molecular weight is 345 g/mol. The normalized spacial score (nSPS) is 11.9. The van der Waals surface area contributed by atoms with Gasteiger partial charge in [0.25, 0.3) is 5.91 Å². The lowest BCUT2D eigenvalue weighted by atomic mass is 10.0. The minimum absolute atomic E-state index is 0.115. The number of para-hydroxylation sites is 1. The third-order valence-electron chi connectivity index (χ3n) is 3.63. The van der Waals surface area contributed by atoms with Crippen molar-refractivity contribution in [2.75, 3.05) is 14.2 Å². The molecule has 0 saturated carbocycles. The Hall–Kier alpha value is -2.83. The quantitative estimate of drug-likeness (QED) is 0.778. The van der Waals surface area contributed by atoms with Crippen LogP contribution in [0, 0.1) is 5.92 Å². The zero-order valence-electron chi connectivity index (χ0n) is 14.9. The first-order valence-corrected chi connectivity index (χ1v) is 8.04. The first-order chi connectivity index (χ1) is 12.0. The van der Waals surface area contributed by atoms with Crippen LogP contribution in [-0.2, 0) is 9.53 Å². The maximum Gasteiger partial charge on any atom is 0.328 e. The van der Waals surface area contributed by atoms with Crippen molar-refractivity contribution in [3.63, 3.8) is 0 Å². The number of nitrogens with one attached hydrogen (secondary N) is 1. The number of benzene rings is 1. The lowest BCUT2D eigenvalue weighted by Gasteiger charge is -2.17. The van der Waals surface area contributed by atoms with Gasteiger partial charge in [0.2, 0.25) is 0 Å². The Morgan fingerprint density at radius 2 is 1.88 bits per heavy atom. The fourth-order valence-corrected chi connectivity index (χ4v) is 2.43. The highest BCUT2D eigenvalue weighted by atomic mass is 16.5. The number of methoxy groups -OCH3 is 2. The minimum atomic E-state index is -0.732. The average Bonchev–Trinajstić information content (AvgIpc) is 3.05. The van der Waals surface area contributed by atoms with Gasteiger partial charge in [-0.2, -0.15) is 5.10 Å². The number of carbonyl (C=O) groups is 2. The van der Waals surface area contributed by atoms with Crippen LogP contribution in [0.4, 0.5) is 0 Å². The van der Waals surface area contributed by atoms with Gasteiger partial charge < -0.3 is 14.8 Å². The molecule has 0 radical (unpaired) electrons. The van der Waals surface area contributed by atoms with Gasteiger partial charge in [0.15, 0.2) is 11.4 Å². The fourth-order valence-electron chi connectivity index (χ4n) is 2.43.